The fourth-order valence-corrected chi connectivity index (χ4v) is 1.47. The first-order valence-electron chi connectivity index (χ1n) is 3.47. The van der Waals surface area contributed by atoms with Gasteiger partial charge in [0.2, 0.25) is 0 Å². The molecule has 4 nitrogen and oxygen atoms in total. The summed E-state index contributed by atoms with van der Waals surface area (Å²) in [6.45, 7) is 0. The molecule has 0 fully saturated rings. The molecular weight excluding hydrogens is 227 g/mol. The van der Waals surface area contributed by atoms with Crippen LogP contribution >= 0.6 is 23.2 Å². The SMILES string of the molecule is N#CC1=C(O)C=C(Cl)C(O)(Cl)C1C#N. The Hall–Kier alpha value is -1.20. The molecule has 6 heteroatoms. The lowest BCUT2D eigenvalue weighted by atomic mass is 9.89. The Morgan fingerprint density at radius 1 is 1.50 bits per heavy atom. The van der Waals surface area contributed by atoms with Crippen LogP contribution in [0, 0.1) is 28.6 Å². The summed E-state index contributed by atoms with van der Waals surface area (Å²) in [7, 11) is 0. The van der Waals surface area contributed by atoms with Crippen LogP contribution in [0.1, 0.15) is 0 Å². The van der Waals surface area contributed by atoms with Gasteiger partial charge in [-0.3, -0.25) is 0 Å². The monoisotopic (exact) mass is 230 g/mol. The van der Waals surface area contributed by atoms with E-state index in [-0.39, 0.29) is 10.6 Å². The van der Waals surface area contributed by atoms with Gasteiger partial charge in [-0.15, -0.1) is 0 Å². The number of hydrogen-bond donors (Lipinski definition) is 2. The molecule has 0 saturated heterocycles. The van der Waals surface area contributed by atoms with Crippen LogP contribution in [0.3, 0.4) is 0 Å². The molecule has 2 atom stereocenters. The summed E-state index contributed by atoms with van der Waals surface area (Å²) < 4.78 is 0. The Morgan fingerprint density at radius 2 is 2.07 bits per heavy atom. The highest BCUT2D eigenvalue weighted by Gasteiger charge is 2.45. The summed E-state index contributed by atoms with van der Waals surface area (Å²) in [6, 6.07) is 3.20. The number of aliphatic hydroxyl groups is 2. The largest absolute Gasteiger partial charge is 0.507 e. The second kappa shape index (κ2) is 3.51. The molecule has 2 unspecified atom stereocenters. The van der Waals surface area contributed by atoms with E-state index in [1.807, 2.05) is 0 Å². The maximum atomic E-state index is 9.57. The van der Waals surface area contributed by atoms with Gasteiger partial charge in [-0.2, -0.15) is 10.5 Å². The van der Waals surface area contributed by atoms with E-state index in [0.29, 0.717) is 0 Å². The number of rotatable bonds is 0. The van der Waals surface area contributed by atoms with Gasteiger partial charge in [-0.25, -0.2) is 0 Å². The summed E-state index contributed by atoms with van der Waals surface area (Å²) in [5.41, 5.74) is -0.297. The van der Waals surface area contributed by atoms with Crippen molar-refractivity contribution < 1.29 is 10.2 Å². The Kier molecular flexibility index (Phi) is 2.73. The highest BCUT2D eigenvalue weighted by Crippen LogP contribution is 2.41. The van der Waals surface area contributed by atoms with Crippen LogP contribution in [0.15, 0.2) is 22.4 Å². The minimum Gasteiger partial charge on any atom is -0.507 e. The average molecular weight is 231 g/mol. The molecular formula is C8H4Cl2N2O2. The van der Waals surface area contributed by atoms with E-state index in [0.717, 1.165) is 6.08 Å². The maximum Gasteiger partial charge on any atom is 0.196 e. The average Bonchev–Trinajstić information content (AvgIpc) is 2.11. The molecule has 1 aliphatic carbocycles. The number of hydrogen-bond acceptors (Lipinski definition) is 4. The molecule has 2 N–H and O–H groups in total. The topological polar surface area (TPSA) is 88.0 Å². The fourth-order valence-electron chi connectivity index (χ4n) is 1.05. The number of aliphatic hydroxyl groups excluding tert-OH is 1. The summed E-state index contributed by atoms with van der Waals surface area (Å²) >= 11 is 11.1. The minimum absolute atomic E-state index is 0.290. The Morgan fingerprint density at radius 3 is 2.50 bits per heavy atom. The molecule has 0 aromatic heterocycles. The predicted octanol–water partition coefficient (Wildman–Crippen LogP) is 1.53. The molecule has 0 spiro atoms. The van der Waals surface area contributed by atoms with Crippen molar-refractivity contribution in [3.63, 3.8) is 0 Å². The molecule has 0 saturated carbocycles. The third-order valence-corrected chi connectivity index (χ3v) is 2.71. The van der Waals surface area contributed by atoms with Crippen LogP contribution in [-0.4, -0.2) is 15.3 Å². The van der Waals surface area contributed by atoms with Crippen LogP contribution < -0.4 is 0 Å². The zero-order chi connectivity index (χ0) is 10.9. The molecule has 0 radical (unpaired) electrons. The first-order valence-corrected chi connectivity index (χ1v) is 4.22. The quantitative estimate of drug-likeness (QED) is 0.618. The molecule has 0 aromatic carbocycles. The van der Waals surface area contributed by atoms with Crippen molar-refractivity contribution in [3.05, 3.63) is 22.4 Å². The van der Waals surface area contributed by atoms with E-state index >= 15 is 0 Å². The lowest BCUT2D eigenvalue weighted by molar-refractivity contribution is 0.142. The van der Waals surface area contributed by atoms with Gasteiger partial charge in [-0.05, 0) is 6.08 Å². The molecule has 14 heavy (non-hydrogen) atoms. The van der Waals surface area contributed by atoms with E-state index < -0.39 is 16.7 Å². The number of alkyl halides is 1. The number of halogens is 2. The molecule has 0 aromatic rings. The number of nitrogens with zero attached hydrogens (tertiary/aromatic N) is 2. The first kappa shape index (κ1) is 10.9. The van der Waals surface area contributed by atoms with Gasteiger partial charge >= 0.3 is 0 Å². The van der Waals surface area contributed by atoms with Gasteiger partial charge in [-0.1, -0.05) is 23.2 Å². The van der Waals surface area contributed by atoms with Crippen LogP contribution in [0.5, 0.6) is 0 Å². The minimum atomic E-state index is -2.15. The Bertz CT molecular complexity index is 412. The normalized spacial score (nSPS) is 31.8. The van der Waals surface area contributed by atoms with Gasteiger partial charge in [0.25, 0.3) is 0 Å². The molecule has 0 amide bonds. The summed E-state index contributed by atoms with van der Waals surface area (Å²) in [6.07, 6.45) is 0.945. The van der Waals surface area contributed by atoms with Crippen molar-refractivity contribution in [1.82, 2.24) is 0 Å². The summed E-state index contributed by atoms with van der Waals surface area (Å²) in [4.78, 5) is 0. The molecule has 1 aliphatic rings. The van der Waals surface area contributed by atoms with E-state index in [4.69, 9.17) is 33.7 Å². The van der Waals surface area contributed by atoms with Crippen LogP contribution in [-0.2, 0) is 0 Å². The molecule has 1 rings (SSSR count). The smallest absolute Gasteiger partial charge is 0.196 e. The highest BCUT2D eigenvalue weighted by molar-refractivity contribution is 6.39. The third-order valence-electron chi connectivity index (χ3n) is 1.80. The summed E-state index contributed by atoms with van der Waals surface area (Å²) in [5, 5.41) is 33.7. The lowest BCUT2D eigenvalue weighted by Crippen LogP contribution is -2.35. The van der Waals surface area contributed by atoms with Gasteiger partial charge in [0, 0.05) is 0 Å². The van der Waals surface area contributed by atoms with Gasteiger partial charge in [0.15, 0.2) is 5.06 Å². The molecule has 0 bridgehead atoms. The van der Waals surface area contributed by atoms with E-state index in [1.54, 1.807) is 12.1 Å². The highest BCUT2D eigenvalue weighted by atomic mass is 35.5. The number of nitriles is 2. The van der Waals surface area contributed by atoms with Crippen LogP contribution in [0.4, 0.5) is 0 Å². The van der Waals surface area contributed by atoms with E-state index in [2.05, 4.69) is 0 Å². The van der Waals surface area contributed by atoms with Crippen LogP contribution in [0.2, 0.25) is 0 Å². The molecule has 0 aliphatic heterocycles. The second-order valence-corrected chi connectivity index (χ2v) is 3.62. The van der Waals surface area contributed by atoms with Crippen molar-refractivity contribution >= 4 is 23.2 Å². The van der Waals surface area contributed by atoms with Crippen molar-refractivity contribution in [2.45, 2.75) is 5.06 Å². The van der Waals surface area contributed by atoms with Crippen molar-refractivity contribution in [1.29, 1.82) is 10.5 Å². The maximum absolute atomic E-state index is 9.57. The molecule has 0 heterocycles. The van der Waals surface area contributed by atoms with Crippen molar-refractivity contribution in [2.24, 2.45) is 5.92 Å². The van der Waals surface area contributed by atoms with E-state index in [9.17, 15) is 10.2 Å². The second-order valence-electron chi connectivity index (χ2n) is 2.64. The summed E-state index contributed by atoms with van der Waals surface area (Å²) in [5.74, 6) is -1.82. The van der Waals surface area contributed by atoms with Gasteiger partial charge < -0.3 is 10.2 Å². The van der Waals surface area contributed by atoms with E-state index in [1.165, 1.54) is 0 Å². The van der Waals surface area contributed by atoms with Crippen LogP contribution in [0.25, 0.3) is 0 Å². The zero-order valence-electron chi connectivity index (χ0n) is 6.70. The lowest BCUT2D eigenvalue weighted by Gasteiger charge is -2.28. The number of allylic oxidation sites excluding steroid dienone is 1. The molecule has 72 valence electrons. The standard InChI is InChI=1S/C8H4Cl2N2O2/c9-7-1-6(13)4(2-11)5(3-12)8(7,10)14/h1,5,13-14H. The van der Waals surface area contributed by atoms with Gasteiger partial charge in [0.05, 0.1) is 16.7 Å². The zero-order valence-corrected chi connectivity index (χ0v) is 8.21. The third kappa shape index (κ3) is 1.44. The van der Waals surface area contributed by atoms with Crippen molar-refractivity contribution in [3.8, 4) is 12.1 Å². The Balaban J connectivity index is 3.37. The van der Waals surface area contributed by atoms with Gasteiger partial charge in [0.1, 0.15) is 17.7 Å². The van der Waals surface area contributed by atoms with Crippen molar-refractivity contribution in [2.75, 3.05) is 0 Å². The fraction of sp³-hybridized carbons (Fsp3) is 0.250. The first-order chi connectivity index (χ1) is 6.45. The Labute approximate surface area is 89.9 Å². The predicted molar refractivity (Wildman–Crippen MR) is 49.1 cm³/mol.